The van der Waals surface area contributed by atoms with Crippen molar-refractivity contribution in [2.45, 2.75) is 50.5 Å². The fourth-order valence-electron chi connectivity index (χ4n) is 5.63. The van der Waals surface area contributed by atoms with E-state index in [4.69, 9.17) is 0 Å². The van der Waals surface area contributed by atoms with Crippen molar-refractivity contribution in [2.24, 2.45) is 11.8 Å². The van der Waals surface area contributed by atoms with Crippen LogP contribution in [0.3, 0.4) is 0 Å². The van der Waals surface area contributed by atoms with Gasteiger partial charge in [0.1, 0.15) is 5.82 Å². The number of fused-ring (bicyclic) bond motifs is 4. The van der Waals surface area contributed by atoms with Crippen molar-refractivity contribution in [1.29, 1.82) is 5.26 Å². The smallest absolute Gasteiger partial charge is 0.231 e. The van der Waals surface area contributed by atoms with Crippen molar-refractivity contribution in [3.05, 3.63) is 53.3 Å². The summed E-state index contributed by atoms with van der Waals surface area (Å²) in [5.41, 5.74) is 3.36. The Bertz CT molecular complexity index is 1150. The maximum Gasteiger partial charge on any atom is 0.231 e. The molecule has 2 saturated heterocycles. The molecule has 2 bridgehead atoms. The first kappa shape index (κ1) is 21.8. The third kappa shape index (κ3) is 3.95. The van der Waals surface area contributed by atoms with E-state index in [2.05, 4.69) is 11.4 Å². The Hall–Kier alpha value is -3.04. The summed E-state index contributed by atoms with van der Waals surface area (Å²) >= 11 is 0. The summed E-state index contributed by atoms with van der Waals surface area (Å²) in [4.78, 5) is 26.6. The summed E-state index contributed by atoms with van der Waals surface area (Å²) < 4.78 is 15.0. The summed E-state index contributed by atoms with van der Waals surface area (Å²) in [5, 5.41) is 13.1. The maximum absolute atomic E-state index is 15.0. The Kier molecular flexibility index (Phi) is 5.54. The van der Waals surface area contributed by atoms with Gasteiger partial charge in [-0.2, -0.15) is 5.26 Å². The number of hydrogen-bond donors (Lipinski definition) is 1. The average molecular weight is 446 g/mol. The number of piperidine rings is 2. The number of amides is 1. The molecular weight excluding hydrogens is 417 g/mol. The maximum atomic E-state index is 15.0. The molecule has 3 fully saturated rings. The van der Waals surface area contributed by atoms with Gasteiger partial charge >= 0.3 is 0 Å². The van der Waals surface area contributed by atoms with Gasteiger partial charge in [0.25, 0.3) is 0 Å². The van der Waals surface area contributed by atoms with Crippen LogP contribution in [0.2, 0.25) is 0 Å². The lowest BCUT2D eigenvalue weighted by Gasteiger charge is -2.46. The fraction of sp³-hybridized carbons (Fsp3) is 0.444. The second kappa shape index (κ2) is 8.39. The Morgan fingerprint density at radius 1 is 1.24 bits per heavy atom. The first-order chi connectivity index (χ1) is 15.9. The van der Waals surface area contributed by atoms with Gasteiger partial charge in [0.15, 0.2) is 5.78 Å². The van der Waals surface area contributed by atoms with Gasteiger partial charge in [-0.05, 0) is 79.0 Å². The summed E-state index contributed by atoms with van der Waals surface area (Å²) in [6.07, 6.45) is 4.59. The molecule has 6 heteroatoms. The van der Waals surface area contributed by atoms with Crippen molar-refractivity contribution in [1.82, 2.24) is 5.32 Å². The lowest BCUT2D eigenvalue weighted by molar-refractivity contribution is -0.129. The molecule has 2 aromatic rings. The Morgan fingerprint density at radius 2 is 1.97 bits per heavy atom. The minimum atomic E-state index is -0.548. The summed E-state index contributed by atoms with van der Waals surface area (Å²) in [6, 6.07) is 13.0. The molecule has 33 heavy (non-hydrogen) atoms. The number of halogens is 1. The Morgan fingerprint density at radius 3 is 2.64 bits per heavy atom. The molecular formula is C27H28FN3O2. The highest BCUT2D eigenvalue weighted by atomic mass is 19.1. The van der Waals surface area contributed by atoms with Crippen LogP contribution < -0.4 is 10.2 Å². The normalized spacial score (nSPS) is 24.5. The molecule has 0 unspecified atom stereocenters. The van der Waals surface area contributed by atoms with Gasteiger partial charge in [0, 0.05) is 19.2 Å². The highest BCUT2D eigenvalue weighted by molar-refractivity contribution is 6.01. The molecule has 1 amide bonds. The van der Waals surface area contributed by atoms with Crippen molar-refractivity contribution >= 4 is 17.4 Å². The second-order valence-corrected chi connectivity index (χ2v) is 9.84. The molecule has 1 atom stereocenters. The third-order valence-corrected chi connectivity index (χ3v) is 7.85. The van der Waals surface area contributed by atoms with Gasteiger partial charge in [0.2, 0.25) is 5.91 Å². The van der Waals surface area contributed by atoms with Crippen molar-refractivity contribution in [2.75, 3.05) is 18.5 Å². The van der Waals surface area contributed by atoms with Crippen LogP contribution in [0.15, 0.2) is 36.4 Å². The zero-order chi connectivity index (χ0) is 23.2. The molecule has 1 aliphatic carbocycles. The number of anilines is 1. The van der Waals surface area contributed by atoms with Crippen molar-refractivity contribution in [3.8, 4) is 17.2 Å². The highest BCUT2D eigenvalue weighted by Crippen LogP contribution is 2.39. The number of Topliss-reactive ketones (excluding diaryl/α,β-unsaturated/α-hetero) is 1. The highest BCUT2D eigenvalue weighted by Gasteiger charge is 2.45. The van der Waals surface area contributed by atoms with Gasteiger partial charge in [-0.3, -0.25) is 9.59 Å². The van der Waals surface area contributed by atoms with Gasteiger partial charge < -0.3 is 10.2 Å². The number of likely N-dealkylation sites (N-methyl/N-ethyl adjacent to an activating group) is 1. The minimum absolute atomic E-state index is 0.0526. The SMILES string of the molecule is CN1C(=O)Cc2ccc(-c3ccc(C[C@@H](C#N)CC(=O)C45CCC(CC4)CN5)c(F)c3)cc21. The Labute approximate surface area is 193 Å². The molecule has 0 radical (unpaired) electrons. The third-order valence-electron chi connectivity index (χ3n) is 7.85. The monoisotopic (exact) mass is 445 g/mol. The van der Waals surface area contributed by atoms with E-state index < -0.39 is 11.5 Å². The quantitative estimate of drug-likeness (QED) is 0.724. The number of nitrogens with one attached hydrogen (secondary N) is 1. The van der Waals surface area contributed by atoms with Crippen LogP contribution in [0, 0.1) is 29.0 Å². The van der Waals surface area contributed by atoms with Gasteiger partial charge in [0.05, 0.1) is 23.9 Å². The molecule has 0 spiro atoms. The van der Waals surface area contributed by atoms with E-state index in [0.29, 0.717) is 17.9 Å². The lowest BCUT2D eigenvalue weighted by Crippen LogP contribution is -2.60. The molecule has 6 rings (SSSR count). The van der Waals surface area contributed by atoms with Gasteiger partial charge in [-0.15, -0.1) is 0 Å². The van der Waals surface area contributed by atoms with E-state index >= 15 is 4.39 Å². The number of benzene rings is 2. The molecule has 170 valence electrons. The van der Waals surface area contributed by atoms with Crippen molar-refractivity contribution in [3.63, 3.8) is 0 Å². The van der Waals surface area contributed by atoms with Crippen LogP contribution in [0.4, 0.5) is 10.1 Å². The first-order valence-electron chi connectivity index (χ1n) is 11.7. The van der Waals surface area contributed by atoms with Crippen molar-refractivity contribution < 1.29 is 14.0 Å². The molecule has 1 saturated carbocycles. The van der Waals surface area contributed by atoms with Gasteiger partial charge in [-0.25, -0.2) is 4.39 Å². The predicted molar refractivity (Wildman–Crippen MR) is 124 cm³/mol. The number of carbonyl (C=O) groups excluding carboxylic acids is 2. The average Bonchev–Trinajstić information content (AvgIpc) is 3.13. The van der Waals surface area contributed by atoms with Gasteiger partial charge in [-0.1, -0.05) is 24.3 Å². The van der Waals surface area contributed by atoms with E-state index in [1.807, 2.05) is 24.3 Å². The number of nitrogens with zero attached hydrogens (tertiary/aromatic N) is 2. The predicted octanol–water partition coefficient (Wildman–Crippen LogP) is 4.19. The Balaban J connectivity index is 1.30. The standard InChI is InChI=1S/C27H28FN3O2/c1-31-24-13-20(3-5-22(24)14-26(31)33)19-2-4-21(23(28)12-19)10-18(15-29)11-25(32)27-8-6-17(7-9-27)16-30-27/h2-5,12-13,17-18,30H,6-11,14,16H2,1H3/t17?,18-,27?/m1/s1. The van der Waals surface area contributed by atoms with E-state index in [9.17, 15) is 14.9 Å². The summed E-state index contributed by atoms with van der Waals surface area (Å²) in [7, 11) is 1.75. The van der Waals surface area contributed by atoms with Crippen LogP contribution >= 0.6 is 0 Å². The minimum Gasteiger partial charge on any atom is -0.315 e. The molecule has 3 aliphatic heterocycles. The molecule has 1 N–H and O–H groups in total. The first-order valence-corrected chi connectivity index (χ1v) is 11.7. The number of rotatable bonds is 6. The zero-order valence-corrected chi connectivity index (χ0v) is 18.9. The fourth-order valence-corrected chi connectivity index (χ4v) is 5.63. The molecule has 2 aromatic carbocycles. The number of nitriles is 1. The van der Waals surface area contributed by atoms with Crippen LogP contribution in [0.25, 0.3) is 11.1 Å². The number of hydrogen-bond acceptors (Lipinski definition) is 4. The zero-order valence-electron chi connectivity index (χ0n) is 18.9. The van der Waals surface area contributed by atoms with Crippen LogP contribution in [-0.2, 0) is 22.4 Å². The van der Waals surface area contributed by atoms with E-state index in [1.165, 1.54) is 6.07 Å². The number of carbonyl (C=O) groups is 2. The summed E-state index contributed by atoms with van der Waals surface area (Å²) in [6.45, 7) is 0.881. The molecule has 5 nitrogen and oxygen atoms in total. The molecule has 0 aromatic heterocycles. The second-order valence-electron chi connectivity index (χ2n) is 9.84. The van der Waals surface area contributed by atoms with E-state index in [-0.39, 0.29) is 30.3 Å². The topological polar surface area (TPSA) is 73.2 Å². The largest absolute Gasteiger partial charge is 0.315 e. The van der Waals surface area contributed by atoms with Crippen LogP contribution in [0.1, 0.15) is 43.2 Å². The van der Waals surface area contributed by atoms with E-state index in [0.717, 1.165) is 54.6 Å². The lowest BCUT2D eigenvalue weighted by atomic mass is 9.68. The van der Waals surface area contributed by atoms with E-state index in [1.54, 1.807) is 18.0 Å². The number of ketones is 1. The molecule has 4 aliphatic rings. The van der Waals surface area contributed by atoms with Crippen LogP contribution in [-0.4, -0.2) is 30.8 Å². The molecule has 3 heterocycles. The summed E-state index contributed by atoms with van der Waals surface area (Å²) in [5.74, 6) is -0.101. The van der Waals surface area contributed by atoms with Crippen LogP contribution in [0.5, 0.6) is 0 Å².